The molecule has 4 heterocycles. The van der Waals surface area contributed by atoms with Crippen molar-refractivity contribution in [3.8, 4) is 5.75 Å². The third-order valence-corrected chi connectivity index (χ3v) is 8.75. The first-order valence-corrected chi connectivity index (χ1v) is 14.1. The number of rotatable bonds is 8. The maximum absolute atomic E-state index is 5.60. The maximum atomic E-state index is 5.60. The van der Waals surface area contributed by atoms with Crippen LogP contribution in [-0.2, 0) is 4.74 Å². The predicted molar refractivity (Wildman–Crippen MR) is 152 cm³/mol. The number of morpholine rings is 1. The number of aromatic nitrogens is 2. The number of fused-ring (bicyclic) bond motifs is 1. The second-order valence-electron chi connectivity index (χ2n) is 11.6. The third-order valence-electron chi connectivity index (χ3n) is 8.75. The van der Waals surface area contributed by atoms with Crippen LogP contribution < -0.4 is 19.4 Å². The van der Waals surface area contributed by atoms with Gasteiger partial charge in [0.2, 0.25) is 0 Å². The lowest BCUT2D eigenvalue weighted by atomic mass is 9.72. The molecule has 200 valence electrons. The number of ether oxygens (including phenoxy) is 2. The zero-order chi connectivity index (χ0) is 25.7. The molecule has 0 unspecified atom stereocenters. The van der Waals surface area contributed by atoms with Gasteiger partial charge in [0.1, 0.15) is 17.4 Å². The van der Waals surface area contributed by atoms with Gasteiger partial charge in [-0.15, -0.1) is 0 Å². The standard InChI is InChI=1S/C30H38N6O2/c1-33(11-12-34-13-15-38-16-14-34)23-9-10-25-24(17-23)29(32-28(31-25)22-7-8-22)36-20-30(21-36)18-35(19-30)26-5-3-4-6-27(26)37-2/h3-6,9-10,17,22H,7-8,11-16,18-21H2,1-2H3. The van der Waals surface area contributed by atoms with Crippen LogP contribution in [0.25, 0.3) is 10.9 Å². The summed E-state index contributed by atoms with van der Waals surface area (Å²) in [5.41, 5.74) is 3.85. The molecule has 1 saturated carbocycles. The number of methoxy groups -OCH3 is 1. The Morgan fingerprint density at radius 1 is 1.00 bits per heavy atom. The molecule has 0 atom stereocenters. The summed E-state index contributed by atoms with van der Waals surface area (Å²) < 4.78 is 11.1. The summed E-state index contributed by atoms with van der Waals surface area (Å²) in [4.78, 5) is 20.0. The van der Waals surface area contributed by atoms with E-state index in [1.54, 1.807) is 7.11 Å². The highest BCUT2D eigenvalue weighted by molar-refractivity contribution is 5.93. The summed E-state index contributed by atoms with van der Waals surface area (Å²) in [6.45, 7) is 10.0. The van der Waals surface area contributed by atoms with Gasteiger partial charge in [0, 0.05) is 81.8 Å². The van der Waals surface area contributed by atoms with Gasteiger partial charge in [-0.2, -0.15) is 0 Å². The van der Waals surface area contributed by atoms with Crippen molar-refractivity contribution in [3.63, 3.8) is 0 Å². The van der Waals surface area contributed by atoms with Crippen LogP contribution in [0, 0.1) is 5.41 Å². The van der Waals surface area contributed by atoms with E-state index in [-0.39, 0.29) is 0 Å². The summed E-state index contributed by atoms with van der Waals surface area (Å²) in [6, 6.07) is 15.1. The minimum absolute atomic E-state index is 0.338. The number of hydrogen-bond donors (Lipinski definition) is 0. The molecule has 8 heteroatoms. The molecule has 0 amide bonds. The Hall–Kier alpha value is -3.10. The molecule has 0 N–H and O–H groups in total. The van der Waals surface area contributed by atoms with Crippen LogP contribution >= 0.6 is 0 Å². The lowest BCUT2D eigenvalue weighted by Gasteiger charge is -2.61. The van der Waals surface area contributed by atoms with Crippen molar-refractivity contribution < 1.29 is 9.47 Å². The maximum Gasteiger partial charge on any atom is 0.142 e. The van der Waals surface area contributed by atoms with Crippen LogP contribution in [-0.4, -0.2) is 94.6 Å². The van der Waals surface area contributed by atoms with Gasteiger partial charge in [-0.1, -0.05) is 12.1 Å². The fourth-order valence-electron chi connectivity index (χ4n) is 6.30. The number of likely N-dealkylation sites (N-methyl/N-ethyl adjacent to an activating group) is 1. The zero-order valence-electron chi connectivity index (χ0n) is 22.6. The first-order chi connectivity index (χ1) is 18.6. The van der Waals surface area contributed by atoms with Crippen LogP contribution in [0.2, 0.25) is 0 Å². The fourth-order valence-corrected chi connectivity index (χ4v) is 6.30. The molecular weight excluding hydrogens is 476 g/mol. The molecule has 3 aliphatic heterocycles. The van der Waals surface area contributed by atoms with Gasteiger partial charge in [-0.05, 0) is 43.2 Å². The highest BCUT2D eigenvalue weighted by Gasteiger charge is 2.53. The van der Waals surface area contributed by atoms with Gasteiger partial charge in [0.15, 0.2) is 0 Å². The van der Waals surface area contributed by atoms with Gasteiger partial charge in [0.05, 0.1) is 31.5 Å². The molecule has 4 aliphatic rings. The Bertz CT molecular complexity index is 1310. The number of anilines is 3. The molecule has 7 rings (SSSR count). The van der Waals surface area contributed by atoms with Crippen molar-refractivity contribution in [2.75, 3.05) is 94.4 Å². The quantitative estimate of drug-likeness (QED) is 0.452. The number of nitrogens with zero attached hydrogens (tertiary/aromatic N) is 6. The topological polar surface area (TPSA) is 57.2 Å². The SMILES string of the molecule is COc1ccccc1N1CC2(C1)CN(c1nc(C3CC3)nc3ccc(N(C)CCN4CCOCC4)cc13)C2. The van der Waals surface area contributed by atoms with Crippen LogP contribution in [0.1, 0.15) is 24.6 Å². The van der Waals surface area contributed by atoms with E-state index in [1.807, 2.05) is 6.07 Å². The minimum atomic E-state index is 0.338. The van der Waals surface area contributed by atoms with Crippen LogP contribution in [0.15, 0.2) is 42.5 Å². The smallest absolute Gasteiger partial charge is 0.142 e. The van der Waals surface area contributed by atoms with Crippen molar-refractivity contribution in [2.24, 2.45) is 5.41 Å². The molecule has 1 aliphatic carbocycles. The largest absolute Gasteiger partial charge is 0.495 e. The Labute approximate surface area is 225 Å². The highest BCUT2D eigenvalue weighted by atomic mass is 16.5. The third kappa shape index (κ3) is 4.43. The molecule has 8 nitrogen and oxygen atoms in total. The lowest BCUT2D eigenvalue weighted by Crippen LogP contribution is -2.72. The minimum Gasteiger partial charge on any atom is -0.495 e. The lowest BCUT2D eigenvalue weighted by molar-refractivity contribution is 0.0393. The summed E-state index contributed by atoms with van der Waals surface area (Å²) in [6.07, 6.45) is 2.43. The zero-order valence-corrected chi connectivity index (χ0v) is 22.6. The van der Waals surface area contributed by atoms with Gasteiger partial charge in [-0.3, -0.25) is 4.90 Å². The molecule has 2 aromatic carbocycles. The summed E-state index contributed by atoms with van der Waals surface area (Å²) in [5.74, 6) is 3.65. The second-order valence-corrected chi connectivity index (χ2v) is 11.6. The van der Waals surface area contributed by atoms with Crippen LogP contribution in [0.4, 0.5) is 17.2 Å². The number of benzene rings is 2. The first kappa shape index (κ1) is 24.0. The molecular formula is C30H38N6O2. The Morgan fingerprint density at radius 3 is 2.53 bits per heavy atom. The normalized spacial score (nSPS) is 20.9. The van der Waals surface area contributed by atoms with Crippen molar-refractivity contribution >= 4 is 28.1 Å². The van der Waals surface area contributed by atoms with E-state index < -0.39 is 0 Å². The van der Waals surface area contributed by atoms with Crippen molar-refractivity contribution in [1.29, 1.82) is 0 Å². The monoisotopic (exact) mass is 514 g/mol. The van der Waals surface area contributed by atoms with Gasteiger partial charge >= 0.3 is 0 Å². The Kier molecular flexibility index (Phi) is 6.04. The summed E-state index contributed by atoms with van der Waals surface area (Å²) in [7, 11) is 3.95. The van der Waals surface area contributed by atoms with E-state index in [1.165, 1.54) is 29.6 Å². The average molecular weight is 515 g/mol. The number of para-hydroxylation sites is 2. The molecule has 38 heavy (non-hydrogen) atoms. The first-order valence-electron chi connectivity index (χ1n) is 14.1. The summed E-state index contributed by atoms with van der Waals surface area (Å²) >= 11 is 0. The molecule has 1 aromatic heterocycles. The second kappa shape index (κ2) is 9.58. The van der Waals surface area contributed by atoms with Crippen LogP contribution in [0.3, 0.4) is 0 Å². The molecule has 1 spiro atoms. The van der Waals surface area contributed by atoms with E-state index in [2.05, 4.69) is 63.0 Å². The number of hydrogen-bond acceptors (Lipinski definition) is 8. The van der Waals surface area contributed by atoms with Crippen molar-refractivity contribution in [1.82, 2.24) is 14.9 Å². The highest BCUT2D eigenvalue weighted by Crippen LogP contribution is 2.47. The van der Waals surface area contributed by atoms with E-state index in [4.69, 9.17) is 19.4 Å². The van der Waals surface area contributed by atoms with E-state index in [0.29, 0.717) is 11.3 Å². The Balaban J connectivity index is 1.09. The molecule has 0 radical (unpaired) electrons. The van der Waals surface area contributed by atoms with E-state index in [0.717, 1.165) is 88.5 Å². The fraction of sp³-hybridized carbons (Fsp3) is 0.533. The molecule has 3 saturated heterocycles. The summed E-state index contributed by atoms with van der Waals surface area (Å²) in [5, 5.41) is 1.18. The van der Waals surface area contributed by atoms with Gasteiger partial charge in [-0.25, -0.2) is 9.97 Å². The molecule has 4 fully saturated rings. The molecule has 3 aromatic rings. The van der Waals surface area contributed by atoms with E-state index in [9.17, 15) is 0 Å². The van der Waals surface area contributed by atoms with E-state index >= 15 is 0 Å². The van der Waals surface area contributed by atoms with Crippen molar-refractivity contribution in [3.05, 3.63) is 48.3 Å². The van der Waals surface area contributed by atoms with Gasteiger partial charge < -0.3 is 24.2 Å². The van der Waals surface area contributed by atoms with Gasteiger partial charge in [0.25, 0.3) is 0 Å². The van der Waals surface area contributed by atoms with Crippen LogP contribution in [0.5, 0.6) is 5.75 Å². The average Bonchev–Trinajstić information content (AvgIpc) is 3.76. The van der Waals surface area contributed by atoms with Crippen molar-refractivity contribution in [2.45, 2.75) is 18.8 Å². The Morgan fingerprint density at radius 2 is 1.76 bits per heavy atom. The predicted octanol–water partition coefficient (Wildman–Crippen LogP) is 3.61. The molecule has 0 bridgehead atoms.